The predicted octanol–water partition coefficient (Wildman–Crippen LogP) is 2.33. The first-order chi connectivity index (χ1) is 17.3. The maximum Gasteiger partial charge on any atom is 0.277 e. The molecule has 1 N–H and O–H groups in total. The van der Waals surface area contributed by atoms with Crippen LogP contribution in [-0.2, 0) is 17.1 Å². The fraction of sp³-hybridized carbons (Fsp3) is 0.320. The predicted molar refractivity (Wildman–Crippen MR) is 137 cm³/mol. The minimum absolute atomic E-state index is 0.128. The van der Waals surface area contributed by atoms with Crippen molar-refractivity contribution in [3.63, 3.8) is 0 Å². The summed E-state index contributed by atoms with van der Waals surface area (Å²) in [5.41, 5.74) is 2.17. The van der Waals surface area contributed by atoms with E-state index in [0.29, 0.717) is 60.8 Å². The van der Waals surface area contributed by atoms with Crippen LogP contribution in [0.15, 0.2) is 58.2 Å². The zero-order chi connectivity index (χ0) is 25.4. The van der Waals surface area contributed by atoms with Gasteiger partial charge in [0.1, 0.15) is 22.8 Å². The van der Waals surface area contributed by atoms with Gasteiger partial charge in [0.2, 0.25) is 10.0 Å². The van der Waals surface area contributed by atoms with Crippen LogP contribution in [0.1, 0.15) is 6.92 Å². The SMILES string of the molecule is CCOc1ccc(S(=O)(=O)N2CCN(C)CC2)cc1-c1nc2c(-c3ccccc3)nn(C)c2c(=O)[nH]1. The number of H-pyrrole nitrogens is 1. The minimum atomic E-state index is -3.73. The molecular formula is C25H28N6O4S. The summed E-state index contributed by atoms with van der Waals surface area (Å²) in [4.78, 5) is 22.9. The first kappa shape index (κ1) is 24.2. The van der Waals surface area contributed by atoms with Gasteiger partial charge in [0, 0.05) is 38.8 Å². The van der Waals surface area contributed by atoms with E-state index < -0.39 is 10.0 Å². The molecule has 1 aliphatic heterocycles. The van der Waals surface area contributed by atoms with Crippen LogP contribution in [0.2, 0.25) is 0 Å². The first-order valence-electron chi connectivity index (χ1n) is 11.8. The number of hydrogen-bond donors (Lipinski definition) is 1. The second-order valence-corrected chi connectivity index (χ2v) is 10.7. The van der Waals surface area contributed by atoms with Gasteiger partial charge >= 0.3 is 0 Å². The molecule has 1 fully saturated rings. The number of sulfonamides is 1. The third-order valence-electron chi connectivity index (χ3n) is 6.35. The summed E-state index contributed by atoms with van der Waals surface area (Å²) >= 11 is 0. The number of likely N-dealkylation sites (N-methyl/N-ethyl adjacent to an activating group) is 1. The third-order valence-corrected chi connectivity index (χ3v) is 8.24. The molecule has 2 aromatic heterocycles. The lowest BCUT2D eigenvalue weighted by Gasteiger charge is -2.31. The van der Waals surface area contributed by atoms with E-state index >= 15 is 0 Å². The molecule has 1 saturated heterocycles. The van der Waals surface area contributed by atoms with E-state index in [9.17, 15) is 13.2 Å². The van der Waals surface area contributed by atoms with Crippen molar-refractivity contribution in [1.29, 1.82) is 0 Å². The lowest BCUT2D eigenvalue weighted by Crippen LogP contribution is -2.47. The van der Waals surface area contributed by atoms with Crippen LogP contribution >= 0.6 is 0 Å². The molecule has 0 spiro atoms. The van der Waals surface area contributed by atoms with E-state index in [1.165, 1.54) is 21.1 Å². The Labute approximate surface area is 209 Å². The van der Waals surface area contributed by atoms with Crippen LogP contribution in [0.25, 0.3) is 33.7 Å². The number of aromatic amines is 1. The van der Waals surface area contributed by atoms with Crippen molar-refractivity contribution < 1.29 is 13.2 Å². The van der Waals surface area contributed by atoms with Gasteiger partial charge in [-0.25, -0.2) is 13.4 Å². The van der Waals surface area contributed by atoms with Crippen molar-refractivity contribution in [2.45, 2.75) is 11.8 Å². The maximum absolute atomic E-state index is 13.4. The van der Waals surface area contributed by atoms with E-state index in [4.69, 9.17) is 9.72 Å². The van der Waals surface area contributed by atoms with Crippen molar-refractivity contribution >= 4 is 21.1 Å². The van der Waals surface area contributed by atoms with Crippen LogP contribution < -0.4 is 10.3 Å². The molecule has 0 atom stereocenters. The van der Waals surface area contributed by atoms with Crippen molar-refractivity contribution in [2.75, 3.05) is 39.8 Å². The molecule has 2 aromatic carbocycles. The molecule has 3 heterocycles. The van der Waals surface area contributed by atoms with Gasteiger partial charge in [0.25, 0.3) is 5.56 Å². The summed E-state index contributed by atoms with van der Waals surface area (Å²) in [6.45, 7) is 4.37. The first-order valence-corrected chi connectivity index (χ1v) is 13.2. The Balaban J connectivity index is 1.67. The molecule has 0 bridgehead atoms. The van der Waals surface area contributed by atoms with E-state index in [1.54, 1.807) is 13.1 Å². The molecular weight excluding hydrogens is 480 g/mol. The minimum Gasteiger partial charge on any atom is -0.493 e. The molecule has 4 aromatic rings. The number of nitrogens with one attached hydrogen (secondary N) is 1. The number of benzene rings is 2. The Bertz CT molecular complexity index is 1570. The number of hydrogen-bond acceptors (Lipinski definition) is 7. The topological polar surface area (TPSA) is 113 Å². The van der Waals surface area contributed by atoms with Crippen LogP contribution in [0.4, 0.5) is 0 Å². The maximum atomic E-state index is 13.4. The van der Waals surface area contributed by atoms with Crippen molar-refractivity contribution in [3.05, 3.63) is 58.9 Å². The van der Waals surface area contributed by atoms with Crippen molar-refractivity contribution in [3.8, 4) is 28.4 Å². The highest BCUT2D eigenvalue weighted by Crippen LogP contribution is 2.33. The summed E-state index contributed by atoms with van der Waals surface area (Å²) in [5.74, 6) is 0.652. The summed E-state index contributed by atoms with van der Waals surface area (Å²) < 4.78 is 35.6. The van der Waals surface area contributed by atoms with E-state index in [1.807, 2.05) is 44.3 Å². The molecule has 36 heavy (non-hydrogen) atoms. The van der Waals surface area contributed by atoms with Gasteiger partial charge in [0.15, 0.2) is 5.52 Å². The van der Waals surface area contributed by atoms with Gasteiger partial charge in [0.05, 0.1) is 17.1 Å². The molecule has 0 aliphatic carbocycles. The second-order valence-electron chi connectivity index (χ2n) is 8.75. The Hall–Kier alpha value is -3.54. The zero-order valence-electron chi connectivity index (χ0n) is 20.4. The molecule has 188 valence electrons. The quantitative estimate of drug-likeness (QED) is 0.425. The smallest absolute Gasteiger partial charge is 0.277 e. The number of ether oxygens (including phenoxy) is 1. The molecule has 5 rings (SSSR count). The van der Waals surface area contributed by atoms with Crippen molar-refractivity contribution in [1.82, 2.24) is 29.0 Å². The average Bonchev–Trinajstić information content (AvgIpc) is 3.22. The highest BCUT2D eigenvalue weighted by Gasteiger charge is 2.29. The van der Waals surface area contributed by atoms with Gasteiger partial charge in [-0.1, -0.05) is 30.3 Å². The monoisotopic (exact) mass is 508 g/mol. The Morgan fingerprint density at radius 1 is 1.03 bits per heavy atom. The molecule has 11 heteroatoms. The Morgan fingerprint density at radius 2 is 1.75 bits per heavy atom. The van der Waals surface area contributed by atoms with E-state index in [0.717, 1.165) is 5.56 Å². The van der Waals surface area contributed by atoms with Gasteiger partial charge in [-0.15, -0.1) is 0 Å². The van der Waals surface area contributed by atoms with Gasteiger partial charge in [-0.2, -0.15) is 9.40 Å². The molecule has 0 saturated carbocycles. The summed E-state index contributed by atoms with van der Waals surface area (Å²) in [7, 11) is -0.0663. The fourth-order valence-electron chi connectivity index (χ4n) is 4.41. The van der Waals surface area contributed by atoms with Gasteiger partial charge in [-0.3, -0.25) is 9.48 Å². The summed E-state index contributed by atoms with van der Waals surface area (Å²) in [6.07, 6.45) is 0. The number of piperazine rings is 1. The fourth-order valence-corrected chi connectivity index (χ4v) is 5.86. The molecule has 10 nitrogen and oxygen atoms in total. The van der Waals surface area contributed by atoms with Crippen LogP contribution in [0.3, 0.4) is 0 Å². The lowest BCUT2D eigenvalue weighted by atomic mass is 10.1. The Kier molecular flexibility index (Phi) is 6.37. The average molecular weight is 509 g/mol. The van der Waals surface area contributed by atoms with Crippen LogP contribution in [0, 0.1) is 0 Å². The van der Waals surface area contributed by atoms with Crippen LogP contribution in [-0.4, -0.2) is 77.2 Å². The van der Waals surface area contributed by atoms with Gasteiger partial charge < -0.3 is 14.6 Å². The van der Waals surface area contributed by atoms with Crippen molar-refractivity contribution in [2.24, 2.45) is 7.05 Å². The number of fused-ring (bicyclic) bond motifs is 1. The Morgan fingerprint density at radius 3 is 2.44 bits per heavy atom. The highest BCUT2D eigenvalue weighted by molar-refractivity contribution is 7.89. The molecule has 1 aliphatic rings. The normalized spacial score (nSPS) is 15.4. The summed E-state index contributed by atoms with van der Waals surface area (Å²) in [5, 5.41) is 4.53. The molecule has 0 amide bonds. The largest absolute Gasteiger partial charge is 0.493 e. The number of rotatable bonds is 6. The number of aromatic nitrogens is 4. The second kappa shape index (κ2) is 9.49. The standard InChI is InChI=1S/C25H28N6O4S/c1-4-35-20-11-10-18(36(33,34)31-14-12-29(2)13-15-31)16-19(20)24-26-22-21(17-8-6-5-7-9-17)28-30(3)23(22)25(32)27-24/h5-11,16H,4,12-15H2,1-3H3,(H,26,27,32). The highest BCUT2D eigenvalue weighted by atomic mass is 32.2. The zero-order valence-corrected chi connectivity index (χ0v) is 21.2. The molecule has 0 unspecified atom stereocenters. The lowest BCUT2D eigenvalue weighted by molar-refractivity contribution is 0.222. The number of aryl methyl sites for hydroxylation is 1. The van der Waals surface area contributed by atoms with E-state index in [-0.39, 0.29) is 16.3 Å². The number of nitrogens with zero attached hydrogens (tertiary/aromatic N) is 5. The summed E-state index contributed by atoms with van der Waals surface area (Å²) in [6, 6.07) is 14.2. The van der Waals surface area contributed by atoms with E-state index in [2.05, 4.69) is 15.0 Å². The third kappa shape index (κ3) is 4.29. The molecule has 0 radical (unpaired) electrons. The van der Waals surface area contributed by atoms with Gasteiger partial charge in [-0.05, 0) is 32.2 Å². The van der Waals surface area contributed by atoms with Crippen LogP contribution in [0.5, 0.6) is 5.75 Å².